The average molecular weight is 478 g/mol. The van der Waals surface area contributed by atoms with Crippen molar-refractivity contribution in [1.82, 2.24) is 19.3 Å². The van der Waals surface area contributed by atoms with Crippen LogP contribution in [0, 0.1) is 11.3 Å². The molecule has 4 rings (SSSR count). The molecule has 33 heavy (non-hydrogen) atoms. The predicted octanol–water partition coefficient (Wildman–Crippen LogP) is 4.49. The van der Waals surface area contributed by atoms with Crippen molar-refractivity contribution in [3.8, 4) is 17.5 Å². The Bertz CT molecular complexity index is 1340. The molecule has 0 saturated heterocycles. The van der Waals surface area contributed by atoms with Crippen LogP contribution in [0.1, 0.15) is 50.3 Å². The number of pyridine rings is 2. The van der Waals surface area contributed by atoms with Crippen LogP contribution in [0.5, 0.6) is 0 Å². The van der Waals surface area contributed by atoms with Gasteiger partial charge in [0.2, 0.25) is 10.0 Å². The van der Waals surface area contributed by atoms with E-state index in [1.807, 2.05) is 17.6 Å². The van der Waals surface area contributed by atoms with Crippen LogP contribution in [0.4, 0.5) is 13.2 Å². The first kappa shape index (κ1) is 23.2. The summed E-state index contributed by atoms with van der Waals surface area (Å²) in [6.45, 7) is 2.72. The molecule has 0 radical (unpaired) electrons. The van der Waals surface area contributed by atoms with E-state index in [2.05, 4.69) is 16.0 Å². The van der Waals surface area contributed by atoms with Gasteiger partial charge < -0.3 is 4.57 Å². The summed E-state index contributed by atoms with van der Waals surface area (Å²) in [7, 11) is -4.43. The van der Waals surface area contributed by atoms with Gasteiger partial charge >= 0.3 is 6.18 Å². The first-order chi connectivity index (χ1) is 15.6. The fourth-order valence-corrected chi connectivity index (χ4v) is 5.01. The molecule has 7 nitrogen and oxygen atoms in total. The van der Waals surface area contributed by atoms with Crippen LogP contribution in [0.2, 0.25) is 0 Å². The fourth-order valence-electron chi connectivity index (χ4n) is 3.84. The first-order valence-corrected chi connectivity index (χ1v) is 12.0. The molecule has 1 aliphatic rings. The highest BCUT2D eigenvalue weighted by atomic mass is 32.2. The van der Waals surface area contributed by atoms with Crippen LogP contribution in [0.3, 0.4) is 0 Å². The molecule has 11 heteroatoms. The Morgan fingerprint density at radius 3 is 2.52 bits per heavy atom. The molecule has 0 spiro atoms. The van der Waals surface area contributed by atoms with Crippen molar-refractivity contribution in [3.05, 3.63) is 41.7 Å². The third-order valence-corrected chi connectivity index (χ3v) is 7.50. The zero-order chi connectivity index (χ0) is 24.0. The minimum Gasteiger partial charge on any atom is -0.320 e. The van der Waals surface area contributed by atoms with Gasteiger partial charge in [-0.15, -0.1) is 0 Å². The number of alkyl halides is 3. The molecule has 0 aliphatic heterocycles. The maximum atomic E-state index is 12.8. The number of fused-ring (bicyclic) bond motifs is 1. The minimum absolute atomic E-state index is 0.143. The van der Waals surface area contributed by atoms with E-state index in [9.17, 15) is 26.9 Å². The van der Waals surface area contributed by atoms with E-state index in [1.165, 1.54) is 12.1 Å². The number of aromatic nitrogens is 3. The van der Waals surface area contributed by atoms with Crippen molar-refractivity contribution < 1.29 is 21.6 Å². The lowest BCUT2D eigenvalue weighted by Crippen LogP contribution is -2.42. The Morgan fingerprint density at radius 1 is 1.27 bits per heavy atom. The van der Waals surface area contributed by atoms with Gasteiger partial charge in [-0.3, -0.25) is 4.98 Å². The SMILES string of the molecule is CCc1cnc2c(c1)c(C#N)c(-c1ccc(S(=O)(=O)N[C@H](C)C(F)(F)F)cn1)n2C1CCC1. The predicted molar refractivity (Wildman–Crippen MR) is 116 cm³/mol. The lowest BCUT2D eigenvalue weighted by Gasteiger charge is -2.29. The van der Waals surface area contributed by atoms with Crippen LogP contribution in [-0.4, -0.2) is 35.2 Å². The van der Waals surface area contributed by atoms with E-state index in [0.717, 1.165) is 44.4 Å². The van der Waals surface area contributed by atoms with Gasteiger partial charge in [0.1, 0.15) is 22.7 Å². The number of nitrogens with one attached hydrogen (secondary N) is 1. The molecule has 1 N–H and O–H groups in total. The summed E-state index contributed by atoms with van der Waals surface area (Å²) in [5.74, 6) is 0. The molecule has 1 fully saturated rings. The number of nitriles is 1. The van der Waals surface area contributed by atoms with Crippen molar-refractivity contribution in [2.45, 2.75) is 62.7 Å². The monoisotopic (exact) mass is 477 g/mol. The van der Waals surface area contributed by atoms with Gasteiger partial charge in [-0.1, -0.05) is 6.92 Å². The molecule has 1 aliphatic carbocycles. The van der Waals surface area contributed by atoms with Crippen LogP contribution in [-0.2, 0) is 16.4 Å². The van der Waals surface area contributed by atoms with Crippen LogP contribution in [0.15, 0.2) is 35.5 Å². The molecule has 1 saturated carbocycles. The summed E-state index contributed by atoms with van der Waals surface area (Å²) >= 11 is 0. The number of aryl methyl sites for hydroxylation is 1. The summed E-state index contributed by atoms with van der Waals surface area (Å²) in [5.41, 5.74) is 2.95. The number of nitrogens with zero attached hydrogens (tertiary/aromatic N) is 4. The van der Waals surface area contributed by atoms with E-state index in [4.69, 9.17) is 0 Å². The molecule has 3 aromatic heterocycles. The maximum Gasteiger partial charge on any atom is 0.404 e. The molecule has 0 aromatic carbocycles. The number of hydrogen-bond acceptors (Lipinski definition) is 5. The van der Waals surface area contributed by atoms with Gasteiger partial charge in [-0.2, -0.15) is 23.2 Å². The molecule has 0 amide bonds. The van der Waals surface area contributed by atoms with Gasteiger partial charge in [0.15, 0.2) is 0 Å². The minimum atomic E-state index is -4.71. The topological polar surface area (TPSA) is 101 Å². The van der Waals surface area contributed by atoms with E-state index in [1.54, 1.807) is 10.9 Å². The van der Waals surface area contributed by atoms with Gasteiger partial charge in [0.25, 0.3) is 0 Å². The Hall–Kier alpha value is -2.97. The molecule has 1 atom stereocenters. The van der Waals surface area contributed by atoms with Gasteiger partial charge in [-0.25, -0.2) is 13.4 Å². The zero-order valence-corrected chi connectivity index (χ0v) is 18.8. The highest BCUT2D eigenvalue weighted by Crippen LogP contribution is 2.41. The molecular weight excluding hydrogens is 455 g/mol. The number of rotatable bonds is 6. The Labute approximate surface area is 189 Å². The van der Waals surface area contributed by atoms with Gasteiger partial charge in [-0.05, 0) is 56.4 Å². The lowest BCUT2D eigenvalue weighted by atomic mass is 9.92. The highest BCUT2D eigenvalue weighted by Gasteiger charge is 2.39. The fraction of sp³-hybridized carbons (Fsp3) is 0.409. The van der Waals surface area contributed by atoms with Gasteiger partial charge in [0.05, 0.1) is 17.0 Å². The molecule has 174 valence electrons. The first-order valence-electron chi connectivity index (χ1n) is 10.5. The smallest absolute Gasteiger partial charge is 0.320 e. The lowest BCUT2D eigenvalue weighted by molar-refractivity contribution is -0.147. The molecule has 3 aromatic rings. The molecule has 3 heterocycles. The van der Waals surface area contributed by atoms with Crippen molar-refractivity contribution in [2.24, 2.45) is 0 Å². The van der Waals surface area contributed by atoms with E-state index >= 15 is 0 Å². The molecule has 0 unspecified atom stereocenters. The van der Waals surface area contributed by atoms with Crippen LogP contribution in [0.25, 0.3) is 22.4 Å². The maximum absolute atomic E-state index is 12.8. The Morgan fingerprint density at radius 2 is 2.00 bits per heavy atom. The van der Waals surface area contributed by atoms with E-state index in [-0.39, 0.29) is 6.04 Å². The summed E-state index contributed by atoms with van der Waals surface area (Å²) in [6, 6.07) is 4.69. The quantitative estimate of drug-likeness (QED) is 0.564. The van der Waals surface area contributed by atoms with Crippen LogP contribution < -0.4 is 4.72 Å². The van der Waals surface area contributed by atoms with Crippen molar-refractivity contribution in [3.63, 3.8) is 0 Å². The van der Waals surface area contributed by atoms with E-state index in [0.29, 0.717) is 28.0 Å². The Kier molecular flexibility index (Phi) is 5.92. The largest absolute Gasteiger partial charge is 0.404 e. The third kappa shape index (κ3) is 4.20. The van der Waals surface area contributed by atoms with Gasteiger partial charge in [0, 0.05) is 23.8 Å². The van der Waals surface area contributed by atoms with Crippen molar-refractivity contribution >= 4 is 21.1 Å². The number of sulfonamides is 1. The zero-order valence-electron chi connectivity index (χ0n) is 18.0. The molecule has 0 bridgehead atoms. The number of hydrogen-bond donors (Lipinski definition) is 1. The summed E-state index contributed by atoms with van der Waals surface area (Å²) in [6.07, 6.45) is 1.72. The molecular formula is C22H22F3N5O2S. The van der Waals surface area contributed by atoms with Crippen molar-refractivity contribution in [2.75, 3.05) is 0 Å². The second-order valence-electron chi connectivity index (χ2n) is 8.12. The van der Waals surface area contributed by atoms with Crippen molar-refractivity contribution in [1.29, 1.82) is 5.26 Å². The standard InChI is InChI=1S/C22H22F3N5O2S/c1-3-14-9-17-18(10-26)20(30(15-5-4-6-15)21(17)28-11-14)19-8-7-16(12-27-19)33(31,32)29-13(2)22(23,24)25/h7-9,11-13,15,29H,3-6H2,1-2H3/t13-/m1/s1. The summed E-state index contributed by atoms with van der Waals surface area (Å²) in [4.78, 5) is 8.44. The summed E-state index contributed by atoms with van der Waals surface area (Å²) in [5, 5.41) is 10.7. The second-order valence-corrected chi connectivity index (χ2v) is 9.84. The van der Waals surface area contributed by atoms with E-state index < -0.39 is 27.1 Å². The summed E-state index contributed by atoms with van der Waals surface area (Å²) < 4.78 is 66.8. The highest BCUT2D eigenvalue weighted by molar-refractivity contribution is 7.89. The Balaban J connectivity index is 1.80. The average Bonchev–Trinajstić information content (AvgIpc) is 3.04. The second kappa shape index (κ2) is 8.43. The number of halogens is 3. The van der Waals surface area contributed by atoms with Crippen LogP contribution >= 0.6 is 0 Å². The third-order valence-electron chi connectivity index (χ3n) is 5.97. The normalized spacial score (nSPS) is 15.9.